The average molecular weight is 344 g/mol. The van der Waals surface area contributed by atoms with E-state index in [0.29, 0.717) is 5.56 Å². The van der Waals surface area contributed by atoms with Crippen molar-refractivity contribution in [3.05, 3.63) is 77.1 Å². The highest BCUT2D eigenvalue weighted by Gasteiger charge is 2.35. The maximum Gasteiger partial charge on any atom is 0.365 e. The van der Waals surface area contributed by atoms with Crippen molar-refractivity contribution in [3.8, 4) is 0 Å². The first kappa shape index (κ1) is 18.3. The molecule has 0 unspecified atom stereocenters. The van der Waals surface area contributed by atoms with Crippen LogP contribution in [0.4, 0.5) is 0 Å². The van der Waals surface area contributed by atoms with Gasteiger partial charge in [0.25, 0.3) is 0 Å². The molecule has 0 radical (unpaired) electrons. The van der Waals surface area contributed by atoms with Gasteiger partial charge in [-0.1, -0.05) is 60.7 Å². The number of carbonyl (C=O) groups excluding carboxylic acids is 1. The van der Waals surface area contributed by atoms with E-state index in [9.17, 15) is 9.36 Å². The van der Waals surface area contributed by atoms with Gasteiger partial charge >= 0.3 is 7.60 Å². The van der Waals surface area contributed by atoms with Crippen molar-refractivity contribution in [1.82, 2.24) is 0 Å². The number of carbonyl (C=O) groups is 1. The highest BCUT2D eigenvalue weighted by Crippen LogP contribution is 2.57. The molecular formula is C19H21O4P. The molecular weight excluding hydrogens is 323 g/mol. The normalized spacial score (nSPS) is 12.2. The Morgan fingerprint density at radius 3 is 1.92 bits per heavy atom. The van der Waals surface area contributed by atoms with E-state index in [2.05, 4.69) is 0 Å². The molecule has 126 valence electrons. The number of Topliss-reactive ketones (excluding diaryl/α,β-unsaturated/α-hetero) is 1. The summed E-state index contributed by atoms with van der Waals surface area (Å²) in [6.45, 7) is 3.81. The lowest BCUT2D eigenvalue weighted by Gasteiger charge is -2.19. The van der Waals surface area contributed by atoms with Gasteiger partial charge in [-0.2, -0.15) is 0 Å². The Kier molecular flexibility index (Phi) is 6.68. The Bertz CT molecular complexity index is 728. The Hall–Kier alpha value is -2.00. The predicted octanol–water partition coefficient (Wildman–Crippen LogP) is 5.18. The number of rotatable bonds is 8. The topological polar surface area (TPSA) is 52.6 Å². The van der Waals surface area contributed by atoms with Crippen LogP contribution in [0, 0.1) is 0 Å². The van der Waals surface area contributed by atoms with Crippen molar-refractivity contribution >= 4 is 19.5 Å². The number of hydrogen-bond donors (Lipinski definition) is 0. The van der Waals surface area contributed by atoms with E-state index in [1.54, 1.807) is 44.2 Å². The SMILES string of the molecule is CCOP(=O)(OCC)/C(=C/c1ccccc1)C(=O)c1ccccc1. The molecule has 0 atom stereocenters. The Morgan fingerprint density at radius 1 is 0.917 bits per heavy atom. The fourth-order valence-corrected chi connectivity index (χ4v) is 3.95. The third-order valence-electron chi connectivity index (χ3n) is 3.26. The Morgan fingerprint density at radius 2 is 1.42 bits per heavy atom. The highest BCUT2D eigenvalue weighted by atomic mass is 31.2. The minimum atomic E-state index is -3.70. The Labute approximate surface area is 142 Å². The Balaban J connectivity index is 2.55. The predicted molar refractivity (Wildman–Crippen MR) is 96.1 cm³/mol. The standard InChI is InChI=1S/C19H21O4P/c1-3-22-24(21,23-4-2)18(15-16-11-7-5-8-12-16)19(20)17-13-9-6-10-14-17/h5-15H,3-4H2,1-2H3/b18-15+. The molecule has 0 spiro atoms. The van der Waals surface area contributed by atoms with E-state index < -0.39 is 7.60 Å². The van der Waals surface area contributed by atoms with Gasteiger partial charge in [-0.05, 0) is 25.5 Å². The maximum absolute atomic E-state index is 13.2. The monoisotopic (exact) mass is 344 g/mol. The van der Waals surface area contributed by atoms with Gasteiger partial charge in [0.05, 0.1) is 13.2 Å². The van der Waals surface area contributed by atoms with Crippen molar-refractivity contribution in [3.63, 3.8) is 0 Å². The second kappa shape index (κ2) is 8.74. The average Bonchev–Trinajstić information content (AvgIpc) is 2.61. The van der Waals surface area contributed by atoms with Crippen molar-refractivity contribution in [2.24, 2.45) is 0 Å². The molecule has 0 N–H and O–H groups in total. The third-order valence-corrected chi connectivity index (χ3v) is 5.38. The van der Waals surface area contributed by atoms with Crippen molar-refractivity contribution in [2.45, 2.75) is 13.8 Å². The van der Waals surface area contributed by atoms with Gasteiger partial charge in [-0.15, -0.1) is 0 Å². The molecule has 0 saturated heterocycles. The van der Waals surface area contributed by atoms with E-state index in [0.717, 1.165) is 5.56 Å². The van der Waals surface area contributed by atoms with Crippen LogP contribution in [0.25, 0.3) is 6.08 Å². The largest absolute Gasteiger partial charge is 0.365 e. The van der Waals surface area contributed by atoms with Crippen LogP contribution in [0.2, 0.25) is 0 Å². The molecule has 24 heavy (non-hydrogen) atoms. The van der Waals surface area contributed by atoms with E-state index in [-0.39, 0.29) is 24.3 Å². The lowest BCUT2D eigenvalue weighted by Crippen LogP contribution is -2.08. The van der Waals surface area contributed by atoms with Crippen LogP contribution >= 0.6 is 7.60 Å². The first-order chi connectivity index (χ1) is 11.6. The summed E-state index contributed by atoms with van der Waals surface area (Å²) < 4.78 is 24.0. The van der Waals surface area contributed by atoms with Gasteiger partial charge in [0.15, 0.2) is 0 Å². The van der Waals surface area contributed by atoms with Crippen LogP contribution < -0.4 is 0 Å². The van der Waals surface area contributed by atoms with E-state index in [1.807, 2.05) is 36.4 Å². The lowest BCUT2D eigenvalue weighted by molar-refractivity contribution is 0.103. The molecule has 2 aromatic rings. The zero-order chi connectivity index (χ0) is 17.4. The van der Waals surface area contributed by atoms with Crippen molar-refractivity contribution in [2.75, 3.05) is 13.2 Å². The second-order valence-corrected chi connectivity index (χ2v) is 6.96. The highest BCUT2D eigenvalue weighted by molar-refractivity contribution is 7.60. The first-order valence-corrected chi connectivity index (χ1v) is 9.41. The molecule has 0 aliphatic carbocycles. The molecule has 0 bridgehead atoms. The molecule has 5 heteroatoms. The zero-order valence-electron chi connectivity index (χ0n) is 13.8. The third kappa shape index (κ3) is 4.51. The lowest BCUT2D eigenvalue weighted by atomic mass is 10.1. The summed E-state index contributed by atoms with van der Waals surface area (Å²) in [4.78, 5) is 12.9. The first-order valence-electron chi connectivity index (χ1n) is 7.87. The maximum atomic E-state index is 13.2. The number of ketones is 1. The molecule has 4 nitrogen and oxygen atoms in total. The van der Waals surface area contributed by atoms with Crippen LogP contribution in [0.3, 0.4) is 0 Å². The van der Waals surface area contributed by atoms with Gasteiger partial charge in [-0.3, -0.25) is 9.36 Å². The summed E-state index contributed by atoms with van der Waals surface area (Å²) in [5.41, 5.74) is 1.20. The van der Waals surface area contributed by atoms with Gasteiger partial charge in [0.2, 0.25) is 5.78 Å². The summed E-state index contributed by atoms with van der Waals surface area (Å²) in [5, 5.41) is 0.0450. The number of allylic oxidation sites excluding steroid dienone is 1. The van der Waals surface area contributed by atoms with Crippen LogP contribution in [0.1, 0.15) is 29.8 Å². The molecule has 2 rings (SSSR count). The molecule has 0 saturated carbocycles. The van der Waals surface area contributed by atoms with Crippen LogP contribution in [-0.4, -0.2) is 19.0 Å². The van der Waals surface area contributed by atoms with Crippen LogP contribution in [0.5, 0.6) is 0 Å². The van der Waals surface area contributed by atoms with Crippen molar-refractivity contribution < 1.29 is 18.4 Å². The van der Waals surface area contributed by atoms with Gasteiger partial charge in [-0.25, -0.2) is 0 Å². The van der Waals surface area contributed by atoms with Crippen molar-refractivity contribution in [1.29, 1.82) is 0 Å². The van der Waals surface area contributed by atoms with Crippen LogP contribution in [-0.2, 0) is 13.6 Å². The zero-order valence-corrected chi connectivity index (χ0v) is 14.7. The molecule has 0 fully saturated rings. The number of benzene rings is 2. The molecule has 2 aromatic carbocycles. The van der Waals surface area contributed by atoms with E-state index in [4.69, 9.17) is 9.05 Å². The van der Waals surface area contributed by atoms with E-state index >= 15 is 0 Å². The summed E-state index contributed by atoms with van der Waals surface area (Å²) >= 11 is 0. The summed E-state index contributed by atoms with van der Waals surface area (Å²) in [5.74, 6) is -0.357. The van der Waals surface area contributed by atoms with Crippen LogP contribution in [0.15, 0.2) is 66.0 Å². The van der Waals surface area contributed by atoms with Gasteiger partial charge in [0.1, 0.15) is 5.31 Å². The fourth-order valence-electron chi connectivity index (χ4n) is 2.23. The summed E-state index contributed by atoms with van der Waals surface area (Å²) in [6, 6.07) is 18.0. The summed E-state index contributed by atoms with van der Waals surface area (Å²) in [7, 11) is -3.70. The smallest absolute Gasteiger partial charge is 0.305 e. The number of hydrogen-bond acceptors (Lipinski definition) is 4. The minimum absolute atomic E-state index is 0.0450. The molecule has 0 aliphatic rings. The molecule has 0 aromatic heterocycles. The fraction of sp³-hybridized carbons (Fsp3) is 0.211. The summed E-state index contributed by atoms with van der Waals surface area (Å²) in [6.07, 6.45) is 1.58. The molecule has 0 aliphatic heterocycles. The van der Waals surface area contributed by atoms with Gasteiger partial charge in [0, 0.05) is 5.56 Å². The molecule has 0 heterocycles. The minimum Gasteiger partial charge on any atom is -0.305 e. The second-order valence-electron chi connectivity index (χ2n) is 4.97. The van der Waals surface area contributed by atoms with Gasteiger partial charge < -0.3 is 9.05 Å². The quantitative estimate of drug-likeness (QED) is 0.376. The molecule has 0 amide bonds. The van der Waals surface area contributed by atoms with E-state index in [1.165, 1.54) is 0 Å².